The molecule has 1 saturated heterocycles. The Kier molecular flexibility index (Phi) is 7.86. The maximum atomic E-state index is 4.08. The molecule has 1 fully saturated rings. The average molecular weight is 321 g/mol. The molecule has 0 aliphatic carbocycles. The first-order valence-corrected chi connectivity index (χ1v) is 9.51. The van der Waals surface area contributed by atoms with E-state index in [0.717, 1.165) is 30.5 Å². The van der Waals surface area contributed by atoms with E-state index < -0.39 is 0 Å². The van der Waals surface area contributed by atoms with Crippen LogP contribution in [-0.2, 0) is 0 Å². The Bertz CT molecular complexity index is 375. The lowest BCUT2D eigenvalue weighted by Crippen LogP contribution is -2.38. The number of likely N-dealkylation sites (tertiary alicyclic amines) is 1. The van der Waals surface area contributed by atoms with Crippen molar-refractivity contribution in [2.24, 2.45) is 11.8 Å². The zero-order valence-electron chi connectivity index (χ0n) is 16.8. The molecule has 0 unspecified atom stereocenters. The van der Waals surface area contributed by atoms with Crippen molar-refractivity contribution < 1.29 is 0 Å². The maximum absolute atomic E-state index is 4.08. The highest BCUT2D eigenvalue weighted by Crippen LogP contribution is 2.28. The molecule has 2 aliphatic rings. The summed E-state index contributed by atoms with van der Waals surface area (Å²) in [7, 11) is 0. The monoisotopic (exact) mass is 320 g/mol. The van der Waals surface area contributed by atoms with Gasteiger partial charge in [0.05, 0.1) is 0 Å². The minimum absolute atomic E-state index is 0.654. The van der Waals surface area contributed by atoms with Gasteiger partial charge in [-0.3, -0.25) is 4.90 Å². The van der Waals surface area contributed by atoms with Gasteiger partial charge in [0.15, 0.2) is 0 Å². The van der Waals surface area contributed by atoms with E-state index in [1.807, 2.05) is 0 Å². The van der Waals surface area contributed by atoms with Crippen LogP contribution in [0.25, 0.3) is 0 Å². The lowest BCUT2D eigenvalue weighted by molar-refractivity contribution is 0.166. The van der Waals surface area contributed by atoms with Crippen LogP contribution in [0.2, 0.25) is 0 Å². The van der Waals surface area contributed by atoms with Gasteiger partial charge in [0.25, 0.3) is 0 Å². The van der Waals surface area contributed by atoms with Gasteiger partial charge in [-0.2, -0.15) is 0 Å². The second kappa shape index (κ2) is 8.92. The molecule has 0 aromatic heterocycles. The van der Waals surface area contributed by atoms with Gasteiger partial charge in [0, 0.05) is 30.7 Å². The van der Waals surface area contributed by atoms with E-state index in [4.69, 9.17) is 0 Å². The molecule has 2 heterocycles. The normalized spacial score (nSPS) is 25.2. The molecule has 2 atom stereocenters. The summed E-state index contributed by atoms with van der Waals surface area (Å²) in [5.74, 6) is 1.53. The van der Waals surface area contributed by atoms with E-state index in [-0.39, 0.29) is 0 Å². The summed E-state index contributed by atoms with van der Waals surface area (Å²) >= 11 is 0. The summed E-state index contributed by atoms with van der Waals surface area (Å²) in [6.07, 6.45) is 6.96. The third-order valence-corrected chi connectivity index (χ3v) is 5.17. The summed E-state index contributed by atoms with van der Waals surface area (Å²) in [5, 5.41) is 0. The van der Waals surface area contributed by atoms with E-state index in [1.54, 1.807) is 0 Å². The van der Waals surface area contributed by atoms with Crippen LogP contribution in [-0.4, -0.2) is 40.5 Å². The standard InChI is InChI=1S/C11H21N.C10H19N/c1-8(2)11-6-10(5)7-12(11)9(3)4;1-8(2)10-6-5-7-11(10)9(3)4/h8-9,11H,5-7H2,1-4H3;5,7-10H,6H2,1-4H3/t11-;10-/m00/s1. The Balaban J connectivity index is 0.000000231. The van der Waals surface area contributed by atoms with Crippen molar-refractivity contribution in [2.45, 2.75) is 92.4 Å². The number of nitrogens with zero attached hydrogens (tertiary/aromatic N) is 2. The molecule has 23 heavy (non-hydrogen) atoms. The van der Waals surface area contributed by atoms with E-state index >= 15 is 0 Å². The zero-order valence-corrected chi connectivity index (χ0v) is 16.8. The van der Waals surface area contributed by atoms with Gasteiger partial charge in [-0.1, -0.05) is 45.9 Å². The van der Waals surface area contributed by atoms with E-state index in [9.17, 15) is 0 Å². The van der Waals surface area contributed by atoms with Gasteiger partial charge in [0.1, 0.15) is 0 Å². The van der Waals surface area contributed by atoms with Gasteiger partial charge in [0.2, 0.25) is 0 Å². The van der Waals surface area contributed by atoms with Crippen molar-refractivity contribution in [3.05, 3.63) is 24.4 Å². The van der Waals surface area contributed by atoms with Crippen molar-refractivity contribution >= 4 is 0 Å². The molecular weight excluding hydrogens is 280 g/mol. The molecule has 2 heteroatoms. The Morgan fingerprint density at radius 3 is 1.83 bits per heavy atom. The van der Waals surface area contributed by atoms with Crippen molar-refractivity contribution in [3.8, 4) is 0 Å². The highest BCUT2D eigenvalue weighted by atomic mass is 15.2. The Labute approximate surface area is 145 Å². The van der Waals surface area contributed by atoms with Crippen LogP contribution >= 0.6 is 0 Å². The summed E-state index contributed by atoms with van der Waals surface area (Å²) in [5.41, 5.74) is 1.41. The predicted molar refractivity (Wildman–Crippen MR) is 104 cm³/mol. The van der Waals surface area contributed by atoms with Crippen LogP contribution in [0.3, 0.4) is 0 Å². The van der Waals surface area contributed by atoms with E-state index in [2.05, 4.69) is 84.0 Å². The van der Waals surface area contributed by atoms with Gasteiger partial charge in [-0.15, -0.1) is 0 Å². The summed E-state index contributed by atoms with van der Waals surface area (Å²) in [6.45, 7) is 23.4. The Morgan fingerprint density at radius 1 is 0.913 bits per heavy atom. The molecule has 0 spiro atoms. The molecule has 134 valence electrons. The predicted octanol–water partition coefficient (Wildman–Crippen LogP) is 5.32. The highest BCUT2D eigenvalue weighted by molar-refractivity contribution is 5.09. The zero-order chi connectivity index (χ0) is 17.7. The van der Waals surface area contributed by atoms with E-state index in [1.165, 1.54) is 18.4 Å². The smallest absolute Gasteiger partial charge is 0.0345 e. The molecule has 0 bridgehead atoms. The lowest BCUT2D eigenvalue weighted by Gasteiger charge is -2.32. The third-order valence-electron chi connectivity index (χ3n) is 5.17. The van der Waals surface area contributed by atoms with Crippen LogP contribution < -0.4 is 0 Å². The molecule has 0 amide bonds. The number of hydrogen-bond acceptors (Lipinski definition) is 2. The maximum Gasteiger partial charge on any atom is 0.0345 e. The molecule has 0 aromatic rings. The van der Waals surface area contributed by atoms with Crippen LogP contribution in [0.15, 0.2) is 24.4 Å². The first-order chi connectivity index (χ1) is 10.6. The molecule has 2 aliphatic heterocycles. The average Bonchev–Trinajstić information content (AvgIpc) is 3.05. The molecule has 0 saturated carbocycles. The molecule has 0 N–H and O–H groups in total. The summed E-state index contributed by atoms with van der Waals surface area (Å²) < 4.78 is 0. The summed E-state index contributed by atoms with van der Waals surface area (Å²) in [6, 6.07) is 2.80. The second-order valence-corrected chi connectivity index (χ2v) is 8.50. The fourth-order valence-corrected chi connectivity index (χ4v) is 3.76. The third kappa shape index (κ3) is 5.67. The SMILES string of the molecule is C=C1C[C@@H](C(C)C)N(C(C)C)C1.CC(C)[C@@H]1CC=CN1C(C)C. The first kappa shape index (κ1) is 20.3. The van der Waals surface area contributed by atoms with Gasteiger partial charge >= 0.3 is 0 Å². The molecule has 0 radical (unpaired) electrons. The Morgan fingerprint density at radius 2 is 1.48 bits per heavy atom. The minimum atomic E-state index is 0.654. The van der Waals surface area contributed by atoms with Crippen LogP contribution in [0.1, 0.15) is 68.2 Å². The van der Waals surface area contributed by atoms with Gasteiger partial charge in [-0.05, 0) is 58.6 Å². The van der Waals surface area contributed by atoms with Crippen molar-refractivity contribution in [1.82, 2.24) is 9.80 Å². The fraction of sp³-hybridized carbons (Fsp3) is 0.810. The quantitative estimate of drug-likeness (QED) is 0.647. The van der Waals surface area contributed by atoms with Gasteiger partial charge in [-0.25, -0.2) is 0 Å². The van der Waals surface area contributed by atoms with Crippen LogP contribution in [0.4, 0.5) is 0 Å². The summed E-state index contributed by atoms with van der Waals surface area (Å²) in [4.78, 5) is 5.03. The number of rotatable bonds is 4. The van der Waals surface area contributed by atoms with Crippen LogP contribution in [0, 0.1) is 11.8 Å². The van der Waals surface area contributed by atoms with Crippen molar-refractivity contribution in [1.29, 1.82) is 0 Å². The highest BCUT2D eigenvalue weighted by Gasteiger charge is 2.30. The minimum Gasteiger partial charge on any atom is -0.372 e. The fourth-order valence-electron chi connectivity index (χ4n) is 3.76. The molecule has 2 nitrogen and oxygen atoms in total. The van der Waals surface area contributed by atoms with Crippen molar-refractivity contribution in [3.63, 3.8) is 0 Å². The second-order valence-electron chi connectivity index (χ2n) is 8.50. The molecule has 0 aromatic carbocycles. The van der Waals surface area contributed by atoms with Gasteiger partial charge < -0.3 is 4.90 Å². The molecular formula is C21H40N2. The lowest BCUT2D eigenvalue weighted by atomic mass is 10.0. The van der Waals surface area contributed by atoms with Crippen molar-refractivity contribution in [2.75, 3.05) is 6.54 Å². The largest absolute Gasteiger partial charge is 0.372 e. The topological polar surface area (TPSA) is 6.48 Å². The Hall–Kier alpha value is -0.760. The number of hydrogen-bond donors (Lipinski definition) is 0. The van der Waals surface area contributed by atoms with E-state index in [0.29, 0.717) is 12.1 Å². The first-order valence-electron chi connectivity index (χ1n) is 9.51. The molecule has 2 rings (SSSR count). The van der Waals surface area contributed by atoms with Crippen LogP contribution in [0.5, 0.6) is 0 Å².